The van der Waals surface area contributed by atoms with E-state index in [1.54, 1.807) is 0 Å². The molecular formula is C41H54N4O4. The summed E-state index contributed by atoms with van der Waals surface area (Å²) in [5.41, 5.74) is 4.46. The molecule has 0 radical (unpaired) electrons. The van der Waals surface area contributed by atoms with Crippen molar-refractivity contribution in [3.63, 3.8) is 0 Å². The summed E-state index contributed by atoms with van der Waals surface area (Å²) >= 11 is 0. The van der Waals surface area contributed by atoms with Crippen LogP contribution in [-0.2, 0) is 33.8 Å². The van der Waals surface area contributed by atoms with Gasteiger partial charge in [-0.25, -0.2) is 4.79 Å². The Hall–Kier alpha value is -3.69. The molecule has 2 N–H and O–H groups in total. The molecule has 1 aromatic heterocycles. The molecule has 8 nitrogen and oxygen atoms in total. The summed E-state index contributed by atoms with van der Waals surface area (Å²) in [4.78, 5) is 20.8. The van der Waals surface area contributed by atoms with Crippen LogP contribution in [0.15, 0.2) is 91.1 Å². The largest absolute Gasteiger partial charge is 0.444 e. The number of H-pyrrole nitrogens is 1. The lowest BCUT2D eigenvalue weighted by molar-refractivity contribution is -0.0742. The van der Waals surface area contributed by atoms with Crippen molar-refractivity contribution in [2.24, 2.45) is 0 Å². The van der Waals surface area contributed by atoms with Gasteiger partial charge in [-0.15, -0.1) is 0 Å². The van der Waals surface area contributed by atoms with Gasteiger partial charge in [0.05, 0.1) is 25.3 Å². The van der Waals surface area contributed by atoms with Crippen LogP contribution in [0, 0.1) is 0 Å². The predicted octanol–water partition coefficient (Wildman–Crippen LogP) is 7.33. The van der Waals surface area contributed by atoms with Crippen LogP contribution in [0.5, 0.6) is 0 Å². The number of hydrogen-bond donors (Lipinski definition) is 2. The number of likely N-dealkylation sites (tertiary alicyclic amines) is 1. The van der Waals surface area contributed by atoms with E-state index in [9.17, 15) is 4.79 Å². The van der Waals surface area contributed by atoms with Crippen LogP contribution >= 0.6 is 0 Å². The normalized spacial score (nSPS) is 21.3. The van der Waals surface area contributed by atoms with Gasteiger partial charge in [-0.1, -0.05) is 91.7 Å². The summed E-state index contributed by atoms with van der Waals surface area (Å²) in [7, 11) is 0. The lowest BCUT2D eigenvalue weighted by Crippen LogP contribution is -2.56. The van der Waals surface area contributed by atoms with Crippen LogP contribution < -0.4 is 5.32 Å². The van der Waals surface area contributed by atoms with Gasteiger partial charge >= 0.3 is 6.09 Å². The molecule has 8 heteroatoms. The molecule has 262 valence electrons. The van der Waals surface area contributed by atoms with E-state index >= 15 is 0 Å². The molecule has 3 aromatic carbocycles. The number of nitrogens with zero attached hydrogens (tertiary/aromatic N) is 2. The minimum atomic E-state index is -0.471. The number of amides is 1. The fourth-order valence-corrected chi connectivity index (χ4v) is 7.45. The number of carbonyl (C=O) groups is 1. The molecule has 2 fully saturated rings. The zero-order chi connectivity index (χ0) is 34.1. The Kier molecular flexibility index (Phi) is 12.1. The van der Waals surface area contributed by atoms with Crippen LogP contribution in [0.25, 0.3) is 10.9 Å². The van der Waals surface area contributed by atoms with E-state index < -0.39 is 5.60 Å². The summed E-state index contributed by atoms with van der Waals surface area (Å²) in [6, 6.07) is 30.1. The van der Waals surface area contributed by atoms with Crippen LogP contribution in [-0.4, -0.2) is 83.5 Å². The molecule has 6 rings (SSSR count). The van der Waals surface area contributed by atoms with Crippen molar-refractivity contribution in [2.45, 2.75) is 96.0 Å². The van der Waals surface area contributed by atoms with Crippen molar-refractivity contribution in [2.75, 3.05) is 32.7 Å². The third kappa shape index (κ3) is 9.73. The fourth-order valence-electron chi connectivity index (χ4n) is 7.45. The van der Waals surface area contributed by atoms with Crippen molar-refractivity contribution in [1.29, 1.82) is 0 Å². The van der Waals surface area contributed by atoms with E-state index in [1.165, 1.54) is 27.6 Å². The Morgan fingerprint density at radius 1 is 0.776 bits per heavy atom. The number of benzene rings is 3. The Morgan fingerprint density at radius 2 is 1.37 bits per heavy atom. The maximum atomic E-state index is 12.0. The van der Waals surface area contributed by atoms with Crippen LogP contribution in [0.4, 0.5) is 4.79 Å². The molecule has 2 aliphatic rings. The highest BCUT2D eigenvalue weighted by molar-refractivity contribution is 5.83. The van der Waals surface area contributed by atoms with Gasteiger partial charge in [0.15, 0.2) is 0 Å². The first-order chi connectivity index (χ1) is 23.8. The van der Waals surface area contributed by atoms with E-state index in [0.717, 1.165) is 58.3 Å². The second-order valence-electron chi connectivity index (χ2n) is 14.6. The third-order valence-electron chi connectivity index (χ3n) is 9.78. The Bertz CT molecular complexity index is 1530. The lowest BCUT2D eigenvalue weighted by Gasteiger charge is -2.41. The molecule has 1 unspecified atom stereocenters. The van der Waals surface area contributed by atoms with Crippen LogP contribution in [0.3, 0.4) is 0 Å². The molecule has 2 aliphatic heterocycles. The predicted molar refractivity (Wildman–Crippen MR) is 195 cm³/mol. The molecular weight excluding hydrogens is 612 g/mol. The maximum absolute atomic E-state index is 12.0. The summed E-state index contributed by atoms with van der Waals surface area (Å²) in [6.45, 7) is 11.4. The first kappa shape index (κ1) is 35.1. The molecule has 49 heavy (non-hydrogen) atoms. The number of ether oxygens (including phenoxy) is 3. The van der Waals surface area contributed by atoms with Crippen LogP contribution in [0.2, 0.25) is 0 Å². The van der Waals surface area contributed by atoms with Gasteiger partial charge in [-0.2, -0.15) is 0 Å². The summed E-state index contributed by atoms with van der Waals surface area (Å²) < 4.78 is 19.1. The number of hydrogen-bond acceptors (Lipinski definition) is 6. The molecule has 2 saturated heterocycles. The summed E-state index contributed by atoms with van der Waals surface area (Å²) in [5.74, 6) is 0. The van der Waals surface area contributed by atoms with Crippen molar-refractivity contribution in [1.82, 2.24) is 20.1 Å². The van der Waals surface area contributed by atoms with Gasteiger partial charge < -0.3 is 29.4 Å². The average Bonchev–Trinajstić information content (AvgIpc) is 3.58. The zero-order valence-electron chi connectivity index (χ0n) is 29.5. The van der Waals surface area contributed by atoms with Crippen molar-refractivity contribution >= 4 is 17.0 Å². The summed E-state index contributed by atoms with van der Waals surface area (Å²) in [6.07, 6.45) is 7.07. The smallest absolute Gasteiger partial charge is 0.407 e. The highest BCUT2D eigenvalue weighted by Crippen LogP contribution is 2.36. The van der Waals surface area contributed by atoms with E-state index in [-0.39, 0.29) is 30.4 Å². The van der Waals surface area contributed by atoms with Gasteiger partial charge in [0.25, 0.3) is 0 Å². The summed E-state index contributed by atoms with van der Waals surface area (Å²) in [5, 5.41) is 4.20. The number of aromatic nitrogens is 1. The molecule has 1 amide bonds. The molecule has 2 bridgehead atoms. The van der Waals surface area contributed by atoms with Crippen molar-refractivity contribution < 1.29 is 19.0 Å². The molecule has 0 aliphatic carbocycles. The average molecular weight is 667 g/mol. The standard InChI is InChI=1S/C41H54N4O4/c1-41(2,3)49-40(46)42-23-14-4-5-15-24-44-27-36-38(47-29-31-16-8-6-9-17-31)39(48-30-32-18-10-7-11-19-32)37(28-44)45(36)25-22-33-26-43-35-21-13-12-20-34(33)35/h6-13,16-21,26,36-39,43H,4-5,14-15,22-25,27-30H2,1-3H3,(H,42,46)/t36-,37?,38+,39+/m0/s1. The van der Waals surface area contributed by atoms with E-state index in [4.69, 9.17) is 14.2 Å². The Balaban J connectivity index is 1.11. The minimum absolute atomic E-state index is 0.0270. The molecule has 0 saturated carbocycles. The molecule has 4 aromatic rings. The van der Waals surface area contributed by atoms with Gasteiger partial charge in [-0.05, 0) is 69.3 Å². The number of aromatic amines is 1. The van der Waals surface area contributed by atoms with Gasteiger partial charge in [0.1, 0.15) is 17.8 Å². The Morgan fingerprint density at radius 3 is 2.00 bits per heavy atom. The quantitative estimate of drug-likeness (QED) is 0.122. The minimum Gasteiger partial charge on any atom is -0.444 e. The topological polar surface area (TPSA) is 79.1 Å². The molecule has 4 atom stereocenters. The fraction of sp³-hybridized carbons (Fsp3) is 0.488. The van der Waals surface area contributed by atoms with Crippen LogP contribution in [0.1, 0.15) is 63.1 Å². The highest BCUT2D eigenvalue weighted by Gasteiger charge is 2.53. The maximum Gasteiger partial charge on any atom is 0.407 e. The second kappa shape index (κ2) is 16.8. The molecule has 0 spiro atoms. The number of unbranched alkanes of at least 4 members (excludes halogenated alkanes) is 3. The Labute approximate surface area is 292 Å². The highest BCUT2D eigenvalue weighted by atomic mass is 16.6. The number of para-hydroxylation sites is 1. The van der Waals surface area contributed by atoms with E-state index in [2.05, 4.69) is 111 Å². The van der Waals surface area contributed by atoms with E-state index in [0.29, 0.717) is 19.8 Å². The first-order valence-electron chi connectivity index (χ1n) is 18.1. The number of nitrogens with one attached hydrogen (secondary N) is 2. The zero-order valence-corrected chi connectivity index (χ0v) is 29.5. The lowest BCUT2D eigenvalue weighted by atomic mass is 10.1. The van der Waals surface area contributed by atoms with Crippen molar-refractivity contribution in [3.05, 3.63) is 108 Å². The number of carbonyl (C=O) groups excluding carboxylic acids is 1. The molecule has 3 heterocycles. The van der Waals surface area contributed by atoms with Gasteiger partial charge in [0, 0.05) is 43.3 Å². The van der Waals surface area contributed by atoms with Crippen molar-refractivity contribution in [3.8, 4) is 0 Å². The van der Waals surface area contributed by atoms with E-state index in [1.807, 2.05) is 20.8 Å². The van der Waals surface area contributed by atoms with Gasteiger partial charge in [-0.3, -0.25) is 4.90 Å². The number of fused-ring (bicyclic) bond motifs is 3. The number of piperazine rings is 1. The number of rotatable bonds is 16. The van der Waals surface area contributed by atoms with Gasteiger partial charge in [0.2, 0.25) is 0 Å². The first-order valence-corrected chi connectivity index (χ1v) is 18.1. The monoisotopic (exact) mass is 666 g/mol. The number of alkyl carbamates (subject to hydrolysis) is 1. The third-order valence-corrected chi connectivity index (χ3v) is 9.78. The SMILES string of the molecule is CC(C)(C)OC(=O)NCCCCCCN1CC2[C@@H](OCc3ccccc3)[C@H](OCc3ccccc3)[C@H](C1)N2CCc1c[nH]c2ccccc12. The second-order valence-corrected chi connectivity index (χ2v) is 14.6.